The highest BCUT2D eigenvalue weighted by molar-refractivity contribution is 7.86. The standard InChI is InChI=1S/C10H14N2O2S/c11-15(13,14)12(10-6-7-10)8-9-4-2-1-3-5-9/h1-5,10H,6-8H2,(H2,11,13,14). The van der Waals surface area contributed by atoms with Gasteiger partial charge in [0.05, 0.1) is 0 Å². The van der Waals surface area contributed by atoms with Gasteiger partial charge in [-0.1, -0.05) is 30.3 Å². The highest BCUT2D eigenvalue weighted by Gasteiger charge is 2.35. The third kappa shape index (κ3) is 2.77. The summed E-state index contributed by atoms with van der Waals surface area (Å²) in [4.78, 5) is 0. The maximum absolute atomic E-state index is 11.3. The van der Waals surface area contributed by atoms with Crippen molar-refractivity contribution in [1.29, 1.82) is 0 Å². The molecule has 5 heteroatoms. The summed E-state index contributed by atoms with van der Waals surface area (Å²) in [7, 11) is -3.57. The van der Waals surface area contributed by atoms with Crippen LogP contribution in [0.1, 0.15) is 18.4 Å². The smallest absolute Gasteiger partial charge is 0.216 e. The Kier molecular flexibility index (Phi) is 2.77. The van der Waals surface area contributed by atoms with Crippen molar-refractivity contribution in [2.24, 2.45) is 5.14 Å². The van der Waals surface area contributed by atoms with E-state index in [4.69, 9.17) is 5.14 Å². The molecule has 1 aliphatic rings. The Balaban J connectivity index is 2.14. The lowest BCUT2D eigenvalue weighted by Crippen LogP contribution is -2.37. The van der Waals surface area contributed by atoms with Gasteiger partial charge in [0.25, 0.3) is 10.2 Å². The van der Waals surface area contributed by atoms with E-state index in [0.717, 1.165) is 18.4 Å². The molecule has 1 aromatic rings. The summed E-state index contributed by atoms with van der Waals surface area (Å²) in [6.07, 6.45) is 1.84. The van der Waals surface area contributed by atoms with Crippen molar-refractivity contribution in [3.05, 3.63) is 35.9 Å². The minimum Gasteiger partial charge on any atom is -0.216 e. The first-order valence-corrected chi connectivity index (χ1v) is 6.41. The molecule has 1 fully saturated rings. The molecule has 0 radical (unpaired) electrons. The third-order valence-corrected chi connectivity index (χ3v) is 3.54. The Morgan fingerprint density at radius 3 is 2.33 bits per heavy atom. The van der Waals surface area contributed by atoms with Gasteiger partial charge in [-0.2, -0.15) is 12.7 Å². The summed E-state index contributed by atoms with van der Waals surface area (Å²) in [5.41, 5.74) is 0.971. The summed E-state index contributed by atoms with van der Waals surface area (Å²) in [5.74, 6) is 0. The highest BCUT2D eigenvalue weighted by Crippen LogP contribution is 2.29. The molecule has 82 valence electrons. The summed E-state index contributed by atoms with van der Waals surface area (Å²) in [6.45, 7) is 0.379. The molecule has 1 saturated carbocycles. The van der Waals surface area contributed by atoms with Gasteiger partial charge in [-0.05, 0) is 18.4 Å². The molecule has 4 nitrogen and oxygen atoms in total. The van der Waals surface area contributed by atoms with Crippen LogP contribution in [0.4, 0.5) is 0 Å². The van der Waals surface area contributed by atoms with Crippen LogP contribution in [0.25, 0.3) is 0 Å². The third-order valence-electron chi connectivity index (χ3n) is 2.46. The van der Waals surface area contributed by atoms with Crippen molar-refractivity contribution < 1.29 is 8.42 Å². The van der Waals surface area contributed by atoms with Crippen molar-refractivity contribution in [1.82, 2.24) is 4.31 Å². The van der Waals surface area contributed by atoms with Crippen LogP contribution in [0.3, 0.4) is 0 Å². The van der Waals surface area contributed by atoms with E-state index in [0.29, 0.717) is 6.54 Å². The quantitative estimate of drug-likeness (QED) is 0.827. The van der Waals surface area contributed by atoms with Gasteiger partial charge in [-0.3, -0.25) is 0 Å². The Hall–Kier alpha value is -0.910. The number of rotatable bonds is 4. The Morgan fingerprint density at radius 1 is 1.27 bits per heavy atom. The number of nitrogens with two attached hydrogens (primary N) is 1. The van der Waals surface area contributed by atoms with Crippen LogP contribution >= 0.6 is 0 Å². The molecule has 0 spiro atoms. The van der Waals surface area contributed by atoms with Gasteiger partial charge in [0.1, 0.15) is 0 Å². The molecule has 1 aliphatic carbocycles. The first-order valence-electron chi connectivity index (χ1n) is 4.91. The van der Waals surface area contributed by atoms with Crippen LogP contribution < -0.4 is 5.14 Å². The molecule has 0 saturated heterocycles. The minimum absolute atomic E-state index is 0.111. The van der Waals surface area contributed by atoms with Gasteiger partial charge in [0, 0.05) is 12.6 Å². The maximum Gasteiger partial charge on any atom is 0.277 e. The van der Waals surface area contributed by atoms with Gasteiger partial charge < -0.3 is 0 Å². The van der Waals surface area contributed by atoms with E-state index in [-0.39, 0.29) is 6.04 Å². The van der Waals surface area contributed by atoms with Crippen molar-refractivity contribution >= 4 is 10.2 Å². The summed E-state index contributed by atoms with van der Waals surface area (Å²) in [5, 5.41) is 5.17. The van der Waals surface area contributed by atoms with Crippen molar-refractivity contribution in [2.45, 2.75) is 25.4 Å². The molecule has 0 bridgehead atoms. The fourth-order valence-electron chi connectivity index (χ4n) is 1.55. The predicted molar refractivity (Wildman–Crippen MR) is 58.1 cm³/mol. The van der Waals surface area contributed by atoms with Crippen LogP contribution in [-0.4, -0.2) is 18.8 Å². The molecular formula is C10H14N2O2S. The molecule has 15 heavy (non-hydrogen) atoms. The molecule has 0 atom stereocenters. The molecule has 2 rings (SSSR count). The number of benzene rings is 1. The number of nitrogens with zero attached hydrogens (tertiary/aromatic N) is 1. The molecule has 0 amide bonds. The first kappa shape index (κ1) is 10.6. The Labute approximate surface area is 89.9 Å². The molecule has 2 N–H and O–H groups in total. The monoisotopic (exact) mass is 226 g/mol. The Morgan fingerprint density at radius 2 is 1.87 bits per heavy atom. The van der Waals surface area contributed by atoms with Gasteiger partial charge in [0.15, 0.2) is 0 Å². The second-order valence-corrected chi connectivity index (χ2v) is 5.31. The van der Waals surface area contributed by atoms with E-state index in [2.05, 4.69) is 0 Å². The van der Waals surface area contributed by atoms with Crippen molar-refractivity contribution in [3.8, 4) is 0 Å². The normalized spacial score (nSPS) is 16.9. The first-order chi connectivity index (χ1) is 7.07. The average Bonchev–Trinajstić information content (AvgIpc) is 2.97. The fraction of sp³-hybridized carbons (Fsp3) is 0.400. The van der Waals surface area contributed by atoms with E-state index >= 15 is 0 Å². The van der Waals surface area contributed by atoms with E-state index in [9.17, 15) is 8.42 Å². The second kappa shape index (κ2) is 3.92. The molecule has 0 aliphatic heterocycles. The lowest BCUT2D eigenvalue weighted by atomic mass is 10.2. The predicted octanol–water partition coefficient (Wildman–Crippen LogP) is 0.854. The Bertz CT molecular complexity index is 426. The van der Waals surface area contributed by atoms with Crippen LogP contribution in [0.2, 0.25) is 0 Å². The SMILES string of the molecule is NS(=O)(=O)N(Cc1ccccc1)C1CC1. The van der Waals surface area contributed by atoms with Crippen LogP contribution in [0.5, 0.6) is 0 Å². The van der Waals surface area contributed by atoms with E-state index < -0.39 is 10.2 Å². The van der Waals surface area contributed by atoms with E-state index in [1.165, 1.54) is 4.31 Å². The van der Waals surface area contributed by atoms with Gasteiger partial charge in [-0.25, -0.2) is 5.14 Å². The highest BCUT2D eigenvalue weighted by atomic mass is 32.2. The van der Waals surface area contributed by atoms with Crippen LogP contribution in [-0.2, 0) is 16.8 Å². The van der Waals surface area contributed by atoms with Crippen LogP contribution in [0.15, 0.2) is 30.3 Å². The molecular weight excluding hydrogens is 212 g/mol. The summed E-state index contributed by atoms with van der Waals surface area (Å²) in [6, 6.07) is 9.61. The zero-order chi connectivity index (χ0) is 10.9. The van der Waals surface area contributed by atoms with Gasteiger partial charge in [-0.15, -0.1) is 0 Å². The van der Waals surface area contributed by atoms with Crippen molar-refractivity contribution in [3.63, 3.8) is 0 Å². The molecule has 0 unspecified atom stereocenters. The lowest BCUT2D eigenvalue weighted by molar-refractivity contribution is 0.399. The molecule has 0 heterocycles. The summed E-state index contributed by atoms with van der Waals surface area (Å²) >= 11 is 0. The molecule has 1 aromatic carbocycles. The topological polar surface area (TPSA) is 63.4 Å². The van der Waals surface area contributed by atoms with Gasteiger partial charge >= 0.3 is 0 Å². The zero-order valence-electron chi connectivity index (χ0n) is 8.33. The van der Waals surface area contributed by atoms with Gasteiger partial charge in [0.2, 0.25) is 0 Å². The second-order valence-electron chi connectivity index (χ2n) is 3.81. The lowest BCUT2D eigenvalue weighted by Gasteiger charge is -2.18. The zero-order valence-corrected chi connectivity index (χ0v) is 9.15. The molecule has 0 aromatic heterocycles. The van der Waals surface area contributed by atoms with Crippen LogP contribution in [0, 0.1) is 0 Å². The number of hydrogen-bond acceptors (Lipinski definition) is 2. The largest absolute Gasteiger partial charge is 0.277 e. The van der Waals surface area contributed by atoms with Crippen molar-refractivity contribution in [2.75, 3.05) is 0 Å². The fourth-order valence-corrected chi connectivity index (χ4v) is 2.51. The van der Waals surface area contributed by atoms with E-state index in [1.54, 1.807) is 0 Å². The minimum atomic E-state index is -3.57. The maximum atomic E-state index is 11.3. The van der Waals surface area contributed by atoms with E-state index in [1.807, 2.05) is 30.3 Å². The number of hydrogen-bond donors (Lipinski definition) is 1. The summed E-state index contributed by atoms with van der Waals surface area (Å²) < 4.78 is 24.0. The average molecular weight is 226 g/mol.